The molecule has 0 unspecified atom stereocenters. The van der Waals surface area contributed by atoms with Crippen LogP contribution in [0.5, 0.6) is 0 Å². The van der Waals surface area contributed by atoms with Crippen molar-refractivity contribution in [2.45, 2.75) is 20.8 Å². The Morgan fingerprint density at radius 2 is 2.06 bits per heavy atom. The fourth-order valence-corrected chi connectivity index (χ4v) is 1.71. The van der Waals surface area contributed by atoms with E-state index in [2.05, 4.69) is 9.97 Å². The number of Topliss-reactive ketones (excluding diaryl/α,β-unsaturated/α-hetero) is 1. The molecule has 2 heterocycles. The standard InChI is InChI=1S/C13H14N2O/c1-8(2)13(16)11-9(3)7-15-10-5-4-6-14-12(10)11/h4-8H,1-3H3. The van der Waals surface area contributed by atoms with Crippen molar-refractivity contribution in [3.63, 3.8) is 0 Å². The van der Waals surface area contributed by atoms with Crippen molar-refractivity contribution in [1.29, 1.82) is 0 Å². The van der Waals surface area contributed by atoms with E-state index in [4.69, 9.17) is 0 Å². The van der Waals surface area contributed by atoms with Gasteiger partial charge in [0.1, 0.15) is 0 Å². The zero-order valence-electron chi connectivity index (χ0n) is 9.69. The summed E-state index contributed by atoms with van der Waals surface area (Å²) < 4.78 is 0. The number of rotatable bonds is 2. The number of hydrogen-bond acceptors (Lipinski definition) is 3. The van der Waals surface area contributed by atoms with Gasteiger partial charge >= 0.3 is 0 Å². The highest BCUT2D eigenvalue weighted by atomic mass is 16.1. The predicted octanol–water partition coefficient (Wildman–Crippen LogP) is 2.78. The van der Waals surface area contributed by atoms with Crippen LogP contribution >= 0.6 is 0 Å². The van der Waals surface area contributed by atoms with Gasteiger partial charge in [-0.25, -0.2) is 0 Å². The summed E-state index contributed by atoms with van der Waals surface area (Å²) >= 11 is 0. The molecule has 0 spiro atoms. The Bertz CT molecular complexity index is 547. The van der Waals surface area contributed by atoms with E-state index in [1.165, 1.54) is 0 Å². The molecule has 0 aromatic carbocycles. The normalized spacial score (nSPS) is 11.0. The van der Waals surface area contributed by atoms with Crippen LogP contribution in [0.4, 0.5) is 0 Å². The maximum atomic E-state index is 12.1. The number of carbonyl (C=O) groups excluding carboxylic acids is 1. The third kappa shape index (κ3) is 1.69. The second kappa shape index (κ2) is 4.00. The number of carbonyl (C=O) groups is 1. The van der Waals surface area contributed by atoms with Crippen LogP contribution in [0.3, 0.4) is 0 Å². The van der Waals surface area contributed by atoms with Gasteiger partial charge in [0.15, 0.2) is 5.78 Å². The molecular formula is C13H14N2O. The van der Waals surface area contributed by atoms with Crippen LogP contribution in [-0.4, -0.2) is 15.8 Å². The summed E-state index contributed by atoms with van der Waals surface area (Å²) in [4.78, 5) is 20.6. The number of fused-ring (bicyclic) bond motifs is 1. The van der Waals surface area contributed by atoms with Gasteiger partial charge in [-0.3, -0.25) is 14.8 Å². The molecule has 2 rings (SSSR count). The maximum Gasteiger partial charge on any atom is 0.167 e. The number of hydrogen-bond donors (Lipinski definition) is 0. The van der Waals surface area contributed by atoms with Crippen LogP contribution in [0, 0.1) is 12.8 Å². The number of aromatic nitrogens is 2. The number of aryl methyl sites for hydroxylation is 1. The van der Waals surface area contributed by atoms with E-state index in [1.807, 2.05) is 32.9 Å². The Morgan fingerprint density at radius 1 is 1.31 bits per heavy atom. The van der Waals surface area contributed by atoms with Gasteiger partial charge in [0, 0.05) is 18.3 Å². The van der Waals surface area contributed by atoms with E-state index in [9.17, 15) is 4.79 Å². The summed E-state index contributed by atoms with van der Waals surface area (Å²) in [6.45, 7) is 5.70. The average molecular weight is 214 g/mol. The molecule has 0 atom stereocenters. The summed E-state index contributed by atoms with van der Waals surface area (Å²) in [6, 6.07) is 3.70. The second-order valence-corrected chi connectivity index (χ2v) is 4.21. The summed E-state index contributed by atoms with van der Waals surface area (Å²) in [5.41, 5.74) is 3.09. The van der Waals surface area contributed by atoms with Gasteiger partial charge in [0.05, 0.1) is 16.6 Å². The largest absolute Gasteiger partial charge is 0.294 e. The van der Waals surface area contributed by atoms with Crippen LogP contribution < -0.4 is 0 Å². The lowest BCUT2D eigenvalue weighted by atomic mass is 9.97. The molecule has 0 bridgehead atoms. The monoisotopic (exact) mass is 214 g/mol. The van der Waals surface area contributed by atoms with Gasteiger partial charge in [-0.1, -0.05) is 13.8 Å². The molecular weight excluding hydrogens is 200 g/mol. The quantitative estimate of drug-likeness (QED) is 0.722. The lowest BCUT2D eigenvalue weighted by molar-refractivity contribution is 0.0940. The molecule has 2 aromatic rings. The van der Waals surface area contributed by atoms with Gasteiger partial charge in [0.2, 0.25) is 0 Å². The Morgan fingerprint density at radius 3 is 2.75 bits per heavy atom. The zero-order chi connectivity index (χ0) is 11.7. The Kier molecular flexibility index (Phi) is 2.69. The van der Waals surface area contributed by atoms with Crippen LogP contribution in [0.1, 0.15) is 29.8 Å². The van der Waals surface area contributed by atoms with Crippen molar-refractivity contribution in [2.24, 2.45) is 5.92 Å². The van der Waals surface area contributed by atoms with Gasteiger partial charge in [-0.2, -0.15) is 0 Å². The number of nitrogens with zero attached hydrogens (tertiary/aromatic N) is 2. The van der Waals surface area contributed by atoms with E-state index in [-0.39, 0.29) is 11.7 Å². The van der Waals surface area contributed by atoms with Gasteiger partial charge in [-0.05, 0) is 24.6 Å². The van der Waals surface area contributed by atoms with Crippen molar-refractivity contribution < 1.29 is 4.79 Å². The molecule has 0 fully saturated rings. The molecule has 16 heavy (non-hydrogen) atoms. The van der Waals surface area contributed by atoms with Crippen LogP contribution in [0.15, 0.2) is 24.5 Å². The third-order valence-corrected chi connectivity index (χ3v) is 2.59. The van der Waals surface area contributed by atoms with E-state index in [1.54, 1.807) is 12.4 Å². The summed E-state index contributed by atoms with van der Waals surface area (Å²) in [5, 5.41) is 0. The highest BCUT2D eigenvalue weighted by Crippen LogP contribution is 2.20. The van der Waals surface area contributed by atoms with Crippen LogP contribution in [0.2, 0.25) is 0 Å². The maximum absolute atomic E-state index is 12.1. The molecule has 2 aromatic heterocycles. The first-order valence-electron chi connectivity index (χ1n) is 5.36. The van der Waals surface area contributed by atoms with Crippen molar-refractivity contribution in [3.05, 3.63) is 35.7 Å². The van der Waals surface area contributed by atoms with E-state index >= 15 is 0 Å². The molecule has 0 radical (unpaired) electrons. The minimum Gasteiger partial charge on any atom is -0.294 e. The van der Waals surface area contributed by atoms with E-state index in [0.717, 1.165) is 11.1 Å². The average Bonchev–Trinajstić information content (AvgIpc) is 2.28. The summed E-state index contributed by atoms with van der Waals surface area (Å²) in [5.74, 6) is 0.106. The smallest absolute Gasteiger partial charge is 0.167 e. The lowest BCUT2D eigenvalue weighted by Gasteiger charge is -2.09. The number of ketones is 1. The minimum atomic E-state index is -0.0219. The number of pyridine rings is 2. The highest BCUT2D eigenvalue weighted by molar-refractivity contribution is 6.07. The first kappa shape index (κ1) is 10.7. The van der Waals surface area contributed by atoms with E-state index < -0.39 is 0 Å². The second-order valence-electron chi connectivity index (χ2n) is 4.21. The lowest BCUT2D eigenvalue weighted by Crippen LogP contribution is -2.11. The molecule has 0 saturated carbocycles. The van der Waals surface area contributed by atoms with Gasteiger partial charge in [0.25, 0.3) is 0 Å². The summed E-state index contributed by atoms with van der Waals surface area (Å²) in [6.07, 6.45) is 3.43. The SMILES string of the molecule is Cc1cnc2cccnc2c1C(=O)C(C)C. The third-order valence-electron chi connectivity index (χ3n) is 2.59. The van der Waals surface area contributed by atoms with Gasteiger partial charge in [-0.15, -0.1) is 0 Å². The first-order valence-corrected chi connectivity index (χ1v) is 5.36. The topological polar surface area (TPSA) is 42.9 Å². The predicted molar refractivity (Wildman–Crippen MR) is 63.4 cm³/mol. The van der Waals surface area contributed by atoms with Crippen LogP contribution in [0.25, 0.3) is 11.0 Å². The molecule has 3 heteroatoms. The molecule has 0 N–H and O–H groups in total. The van der Waals surface area contributed by atoms with Crippen LogP contribution in [-0.2, 0) is 0 Å². The molecule has 82 valence electrons. The van der Waals surface area contributed by atoms with Gasteiger partial charge < -0.3 is 0 Å². The Balaban J connectivity index is 2.75. The molecule has 0 aliphatic carbocycles. The Labute approximate surface area is 94.5 Å². The first-order chi connectivity index (χ1) is 7.61. The van der Waals surface area contributed by atoms with Crippen molar-refractivity contribution in [2.75, 3.05) is 0 Å². The van der Waals surface area contributed by atoms with E-state index in [0.29, 0.717) is 11.1 Å². The minimum absolute atomic E-state index is 0.0219. The Hall–Kier alpha value is -1.77. The van der Waals surface area contributed by atoms with Crippen molar-refractivity contribution >= 4 is 16.8 Å². The molecule has 0 saturated heterocycles. The molecule has 3 nitrogen and oxygen atoms in total. The molecule has 0 aliphatic rings. The fourth-order valence-electron chi connectivity index (χ4n) is 1.71. The van der Waals surface area contributed by atoms with Crippen molar-refractivity contribution in [1.82, 2.24) is 9.97 Å². The zero-order valence-corrected chi connectivity index (χ0v) is 9.69. The molecule has 0 amide bonds. The molecule has 0 aliphatic heterocycles. The highest BCUT2D eigenvalue weighted by Gasteiger charge is 2.17. The fraction of sp³-hybridized carbons (Fsp3) is 0.308. The van der Waals surface area contributed by atoms with Crippen molar-refractivity contribution in [3.8, 4) is 0 Å². The summed E-state index contributed by atoms with van der Waals surface area (Å²) in [7, 11) is 0.